The molecule has 2 aromatic carbocycles. The predicted octanol–water partition coefficient (Wildman–Crippen LogP) is 5.21. The number of rotatable bonds is 14. The van der Waals surface area contributed by atoms with Gasteiger partial charge in [-0.1, -0.05) is 37.1 Å². The third kappa shape index (κ3) is 8.39. The summed E-state index contributed by atoms with van der Waals surface area (Å²) in [5.41, 5.74) is 9.01. The summed E-state index contributed by atoms with van der Waals surface area (Å²) in [5, 5.41) is 7.21. The maximum absolute atomic E-state index is 15.3. The molecule has 5 rings (SSSR count). The lowest BCUT2D eigenvalue weighted by Gasteiger charge is -2.23. The number of ether oxygens (including phenoxy) is 1. The molecule has 2 unspecified atom stereocenters. The van der Waals surface area contributed by atoms with Crippen molar-refractivity contribution < 1.29 is 13.9 Å². The molecule has 46 heavy (non-hydrogen) atoms. The van der Waals surface area contributed by atoms with Gasteiger partial charge in [-0.25, -0.2) is 9.18 Å². The van der Waals surface area contributed by atoms with Gasteiger partial charge in [-0.2, -0.15) is 4.98 Å². The van der Waals surface area contributed by atoms with Gasteiger partial charge < -0.3 is 26.1 Å². The van der Waals surface area contributed by atoms with E-state index >= 15 is 4.39 Å². The summed E-state index contributed by atoms with van der Waals surface area (Å²) >= 11 is 6.30. The third-order valence-corrected chi connectivity index (χ3v) is 8.33. The van der Waals surface area contributed by atoms with Gasteiger partial charge in [-0.3, -0.25) is 14.4 Å². The zero-order valence-corrected chi connectivity index (χ0v) is 27.0. The molecule has 2 aromatic heterocycles. The second-order valence-corrected chi connectivity index (χ2v) is 12.2. The first-order chi connectivity index (χ1) is 22.2. The van der Waals surface area contributed by atoms with E-state index in [4.69, 9.17) is 22.1 Å². The minimum absolute atomic E-state index is 0.0168. The summed E-state index contributed by atoms with van der Waals surface area (Å²) in [4.78, 5) is 36.2. The molecule has 1 saturated heterocycles. The number of carbonyl (C=O) groups is 1. The molecular formula is C34H41ClFN7O3. The van der Waals surface area contributed by atoms with Gasteiger partial charge in [0.2, 0.25) is 5.91 Å². The number of benzene rings is 2. The van der Waals surface area contributed by atoms with Crippen LogP contribution in [0.15, 0.2) is 58.4 Å². The summed E-state index contributed by atoms with van der Waals surface area (Å²) in [6, 6.07) is 13.2. The SMILES string of the molecule is CCCC(NCCCN=C(C)N)c1ccc(-n2cc3cc(-c4cc(CCCC5COCC(=O)N5)cc(Cl)c4F)[nH]c3nc2=O)cc1. The molecule has 0 radical (unpaired) electrons. The Morgan fingerprint density at radius 2 is 2.04 bits per heavy atom. The summed E-state index contributed by atoms with van der Waals surface area (Å²) in [7, 11) is 0. The summed E-state index contributed by atoms with van der Waals surface area (Å²) in [6.07, 6.45) is 6.76. The molecule has 4 aromatic rings. The first-order valence-corrected chi connectivity index (χ1v) is 16.2. The zero-order valence-electron chi connectivity index (χ0n) is 26.2. The molecule has 2 atom stereocenters. The standard InChI is InChI=1S/C34H41ClFN7O3/c1-3-6-29(39-14-5-13-38-21(2)37)23-9-11-26(12-10-23)43-18-24-17-30(41-33(24)42-34(43)45)27-15-22(16-28(35)32(27)36)7-4-8-25-19-46-20-31(44)40-25/h9-12,15-18,25,29,39H,3-8,13-14,19-20H2,1-2H3,(H2,37,38)(H,40,44)(H,41,42,45). The van der Waals surface area contributed by atoms with Crippen LogP contribution in [0, 0.1) is 5.82 Å². The van der Waals surface area contributed by atoms with Crippen LogP contribution >= 0.6 is 11.6 Å². The minimum Gasteiger partial charge on any atom is -0.388 e. The van der Waals surface area contributed by atoms with Crippen LogP contribution in [-0.4, -0.2) is 58.6 Å². The topological polar surface area (TPSA) is 139 Å². The van der Waals surface area contributed by atoms with Crippen molar-refractivity contribution in [2.24, 2.45) is 10.7 Å². The van der Waals surface area contributed by atoms with E-state index in [1.807, 2.05) is 24.3 Å². The Kier molecular flexibility index (Phi) is 11.2. The number of carbonyl (C=O) groups excluding carboxylic acids is 1. The van der Waals surface area contributed by atoms with E-state index in [0.717, 1.165) is 49.8 Å². The van der Waals surface area contributed by atoms with Crippen LogP contribution in [0.5, 0.6) is 0 Å². The van der Waals surface area contributed by atoms with Gasteiger partial charge in [0.1, 0.15) is 12.3 Å². The molecule has 1 aliphatic rings. The Morgan fingerprint density at radius 1 is 1.24 bits per heavy atom. The molecule has 10 nitrogen and oxygen atoms in total. The Bertz CT molecular complexity index is 1750. The van der Waals surface area contributed by atoms with Gasteiger partial charge in [0.25, 0.3) is 0 Å². The maximum atomic E-state index is 15.3. The molecule has 3 heterocycles. The van der Waals surface area contributed by atoms with Crippen molar-refractivity contribution in [3.05, 3.63) is 81.1 Å². The highest BCUT2D eigenvalue weighted by Gasteiger charge is 2.19. The molecule has 1 amide bonds. The molecule has 1 fully saturated rings. The van der Waals surface area contributed by atoms with Crippen molar-refractivity contribution in [1.29, 1.82) is 0 Å². The van der Waals surface area contributed by atoms with E-state index in [-0.39, 0.29) is 29.6 Å². The van der Waals surface area contributed by atoms with Crippen LogP contribution in [0.2, 0.25) is 5.02 Å². The summed E-state index contributed by atoms with van der Waals surface area (Å²) in [6.45, 7) is 6.04. The van der Waals surface area contributed by atoms with Gasteiger partial charge in [0.05, 0.1) is 34.9 Å². The molecule has 1 aliphatic heterocycles. The third-order valence-electron chi connectivity index (χ3n) is 8.06. The molecule has 0 saturated carbocycles. The highest BCUT2D eigenvalue weighted by Crippen LogP contribution is 2.31. The average Bonchev–Trinajstić information content (AvgIpc) is 3.44. The van der Waals surface area contributed by atoms with Crippen LogP contribution in [0.1, 0.15) is 63.1 Å². The average molecular weight is 650 g/mol. The lowest BCUT2D eigenvalue weighted by Crippen LogP contribution is -2.45. The van der Waals surface area contributed by atoms with E-state index < -0.39 is 11.5 Å². The second-order valence-electron chi connectivity index (χ2n) is 11.8. The molecular weight excluding hydrogens is 609 g/mol. The normalized spacial score (nSPS) is 16.1. The Morgan fingerprint density at radius 3 is 2.78 bits per heavy atom. The van der Waals surface area contributed by atoms with Gasteiger partial charge >= 0.3 is 5.69 Å². The van der Waals surface area contributed by atoms with Crippen LogP contribution in [0.3, 0.4) is 0 Å². The van der Waals surface area contributed by atoms with E-state index in [0.29, 0.717) is 53.4 Å². The van der Waals surface area contributed by atoms with Gasteiger partial charge in [-0.15, -0.1) is 0 Å². The fourth-order valence-electron chi connectivity index (χ4n) is 5.78. The van der Waals surface area contributed by atoms with Crippen molar-refractivity contribution >= 4 is 34.4 Å². The molecule has 5 N–H and O–H groups in total. The van der Waals surface area contributed by atoms with Gasteiger partial charge in [-0.05, 0) is 87.0 Å². The number of morpholine rings is 1. The number of aromatic amines is 1. The van der Waals surface area contributed by atoms with Crippen molar-refractivity contribution in [2.75, 3.05) is 26.3 Å². The van der Waals surface area contributed by atoms with Crippen LogP contribution < -0.4 is 22.1 Å². The highest BCUT2D eigenvalue weighted by molar-refractivity contribution is 6.31. The van der Waals surface area contributed by atoms with Gasteiger partial charge in [0.15, 0.2) is 5.82 Å². The van der Waals surface area contributed by atoms with E-state index in [1.54, 1.807) is 31.3 Å². The number of fused-ring (bicyclic) bond motifs is 1. The summed E-state index contributed by atoms with van der Waals surface area (Å²) in [5.74, 6) is -0.0653. The number of nitrogens with two attached hydrogens (primary N) is 1. The molecule has 0 spiro atoms. The number of hydrogen-bond acceptors (Lipinski definition) is 6. The Hall–Kier alpha value is -4.06. The Labute approximate surface area is 272 Å². The number of aromatic nitrogens is 3. The first kappa shape index (κ1) is 33.3. The van der Waals surface area contributed by atoms with Crippen LogP contribution in [-0.2, 0) is 16.0 Å². The fourth-order valence-corrected chi connectivity index (χ4v) is 6.02. The first-order valence-electron chi connectivity index (χ1n) is 15.8. The van der Waals surface area contributed by atoms with Crippen LogP contribution in [0.4, 0.5) is 4.39 Å². The number of hydrogen-bond donors (Lipinski definition) is 4. The molecule has 0 aliphatic carbocycles. The largest absolute Gasteiger partial charge is 0.388 e. The lowest BCUT2D eigenvalue weighted by molar-refractivity contribution is -0.131. The van der Waals surface area contributed by atoms with E-state index in [9.17, 15) is 9.59 Å². The Balaban J connectivity index is 1.31. The van der Waals surface area contributed by atoms with E-state index in [2.05, 4.69) is 32.5 Å². The molecule has 0 bridgehead atoms. The van der Waals surface area contributed by atoms with E-state index in [1.165, 1.54) is 4.57 Å². The highest BCUT2D eigenvalue weighted by atomic mass is 35.5. The number of nitrogens with zero attached hydrogens (tertiary/aromatic N) is 3. The number of aryl methyl sites for hydroxylation is 1. The monoisotopic (exact) mass is 649 g/mol. The number of amides is 1. The van der Waals surface area contributed by atoms with Crippen molar-refractivity contribution in [2.45, 2.75) is 64.5 Å². The molecule has 244 valence electrons. The van der Waals surface area contributed by atoms with Crippen molar-refractivity contribution in [3.63, 3.8) is 0 Å². The van der Waals surface area contributed by atoms with Crippen molar-refractivity contribution in [1.82, 2.24) is 25.2 Å². The molecule has 12 heteroatoms. The number of halogens is 2. The summed E-state index contributed by atoms with van der Waals surface area (Å²) < 4.78 is 22.1. The maximum Gasteiger partial charge on any atom is 0.354 e. The number of aliphatic imine (C=N–C) groups is 1. The smallest absolute Gasteiger partial charge is 0.354 e. The predicted molar refractivity (Wildman–Crippen MR) is 180 cm³/mol. The number of H-pyrrole nitrogens is 1. The lowest BCUT2D eigenvalue weighted by atomic mass is 10.0. The van der Waals surface area contributed by atoms with Gasteiger partial charge in [0, 0.05) is 29.7 Å². The quantitative estimate of drug-likeness (QED) is 0.0840. The van der Waals surface area contributed by atoms with Crippen LogP contribution in [0.25, 0.3) is 28.0 Å². The fraction of sp³-hybridized carbons (Fsp3) is 0.412. The number of amidine groups is 1. The minimum atomic E-state index is -0.548. The second kappa shape index (κ2) is 15.5. The number of nitrogens with one attached hydrogen (secondary N) is 3. The zero-order chi connectivity index (χ0) is 32.6. The van der Waals surface area contributed by atoms with Crippen molar-refractivity contribution in [3.8, 4) is 16.9 Å².